The fourth-order valence-corrected chi connectivity index (χ4v) is 3.78. The molecule has 0 saturated heterocycles. The van der Waals surface area contributed by atoms with Crippen molar-refractivity contribution in [3.63, 3.8) is 0 Å². The molecule has 0 bridgehead atoms. The first-order chi connectivity index (χ1) is 12.7. The molecular formula is C23H21BrN2. The summed E-state index contributed by atoms with van der Waals surface area (Å²) < 4.78 is 1.05. The van der Waals surface area contributed by atoms with Gasteiger partial charge in [0.2, 0.25) is 0 Å². The third-order valence-corrected chi connectivity index (χ3v) is 5.20. The Labute approximate surface area is 163 Å². The summed E-state index contributed by atoms with van der Waals surface area (Å²) in [5, 5.41) is 12.0. The van der Waals surface area contributed by atoms with Gasteiger partial charge in [-0.1, -0.05) is 42.5 Å². The van der Waals surface area contributed by atoms with E-state index in [2.05, 4.69) is 83.2 Å². The van der Waals surface area contributed by atoms with E-state index in [1.165, 1.54) is 11.1 Å². The lowest BCUT2D eigenvalue weighted by Crippen LogP contribution is -2.22. The van der Waals surface area contributed by atoms with Crippen LogP contribution in [0.25, 0.3) is 22.4 Å². The molecule has 0 aromatic heterocycles. The zero-order chi connectivity index (χ0) is 18.5. The molecule has 0 saturated carbocycles. The molecule has 3 rings (SSSR count). The van der Waals surface area contributed by atoms with Crippen LogP contribution in [0.1, 0.15) is 25.0 Å². The van der Waals surface area contributed by atoms with Gasteiger partial charge in [0.25, 0.3) is 0 Å². The van der Waals surface area contributed by atoms with Crippen LogP contribution in [-0.2, 0) is 0 Å². The number of rotatable bonds is 5. The fourth-order valence-electron chi connectivity index (χ4n) is 3.14. The third kappa shape index (κ3) is 3.81. The summed E-state index contributed by atoms with van der Waals surface area (Å²) in [4.78, 5) is 2.30. The van der Waals surface area contributed by atoms with Gasteiger partial charge in [0, 0.05) is 17.6 Å². The Kier molecular flexibility index (Phi) is 5.75. The molecule has 0 unspecified atom stereocenters. The quantitative estimate of drug-likeness (QED) is 0.357. The number of benzene rings is 3. The molecule has 3 aromatic carbocycles. The standard InChI is InChI=1S/C23H21BrN2/c1-3-26(4-2)23-12-9-17(14-22(23)24)13-21(16-25)20-11-10-18-7-5-6-8-19(18)15-20/h5-15H,3-4H2,1-2H3/b21-13-. The van der Waals surface area contributed by atoms with Crippen LogP contribution in [0.2, 0.25) is 0 Å². The van der Waals surface area contributed by atoms with Gasteiger partial charge in [-0.05, 0) is 76.0 Å². The Morgan fingerprint density at radius 2 is 1.73 bits per heavy atom. The van der Waals surface area contributed by atoms with E-state index in [1.54, 1.807) is 0 Å². The van der Waals surface area contributed by atoms with Crippen molar-refractivity contribution < 1.29 is 0 Å². The normalized spacial score (nSPS) is 11.4. The maximum absolute atomic E-state index is 9.66. The molecule has 0 aliphatic carbocycles. The van der Waals surface area contributed by atoms with Crippen LogP contribution in [-0.4, -0.2) is 13.1 Å². The van der Waals surface area contributed by atoms with Crippen molar-refractivity contribution in [2.24, 2.45) is 0 Å². The van der Waals surface area contributed by atoms with Gasteiger partial charge in [0.1, 0.15) is 0 Å². The number of allylic oxidation sites excluding steroid dienone is 1. The second-order valence-corrected chi connectivity index (χ2v) is 6.97. The molecule has 0 radical (unpaired) electrons. The van der Waals surface area contributed by atoms with Gasteiger partial charge in [-0.2, -0.15) is 5.26 Å². The highest BCUT2D eigenvalue weighted by Crippen LogP contribution is 2.29. The largest absolute Gasteiger partial charge is 0.371 e. The zero-order valence-electron chi connectivity index (χ0n) is 15.0. The Morgan fingerprint density at radius 3 is 2.38 bits per heavy atom. The highest BCUT2D eigenvalue weighted by Gasteiger charge is 2.08. The highest BCUT2D eigenvalue weighted by atomic mass is 79.9. The lowest BCUT2D eigenvalue weighted by atomic mass is 10.00. The first-order valence-electron chi connectivity index (χ1n) is 8.81. The summed E-state index contributed by atoms with van der Waals surface area (Å²) in [6.07, 6.45) is 1.95. The van der Waals surface area contributed by atoms with E-state index in [0.717, 1.165) is 34.1 Å². The van der Waals surface area contributed by atoms with Gasteiger partial charge in [0.15, 0.2) is 0 Å². The monoisotopic (exact) mass is 404 g/mol. The number of nitrogens with zero attached hydrogens (tertiary/aromatic N) is 2. The molecule has 3 aromatic rings. The van der Waals surface area contributed by atoms with E-state index in [1.807, 2.05) is 24.3 Å². The number of fused-ring (bicyclic) bond motifs is 1. The van der Waals surface area contributed by atoms with Crippen molar-refractivity contribution in [1.82, 2.24) is 0 Å². The molecule has 26 heavy (non-hydrogen) atoms. The summed E-state index contributed by atoms with van der Waals surface area (Å²) in [7, 11) is 0. The number of halogens is 1. The second-order valence-electron chi connectivity index (χ2n) is 6.11. The van der Waals surface area contributed by atoms with Crippen LogP contribution in [0.3, 0.4) is 0 Å². The molecular weight excluding hydrogens is 384 g/mol. The topological polar surface area (TPSA) is 27.0 Å². The molecule has 0 spiro atoms. The molecule has 130 valence electrons. The van der Waals surface area contributed by atoms with Crippen LogP contribution >= 0.6 is 15.9 Å². The van der Waals surface area contributed by atoms with Gasteiger partial charge in [-0.3, -0.25) is 0 Å². The average Bonchev–Trinajstić information content (AvgIpc) is 2.68. The van der Waals surface area contributed by atoms with E-state index in [4.69, 9.17) is 0 Å². The average molecular weight is 405 g/mol. The lowest BCUT2D eigenvalue weighted by molar-refractivity contribution is 0.864. The predicted molar refractivity (Wildman–Crippen MR) is 115 cm³/mol. The minimum absolute atomic E-state index is 0.665. The minimum Gasteiger partial charge on any atom is -0.371 e. The first-order valence-corrected chi connectivity index (χ1v) is 9.61. The molecule has 0 aliphatic rings. The maximum Gasteiger partial charge on any atom is 0.0998 e. The van der Waals surface area contributed by atoms with E-state index >= 15 is 0 Å². The third-order valence-electron chi connectivity index (χ3n) is 4.57. The SMILES string of the molecule is CCN(CC)c1ccc(/C=C(/C#N)c2ccc3ccccc3c2)cc1Br. The molecule has 3 heteroatoms. The molecule has 0 N–H and O–H groups in total. The van der Waals surface area contributed by atoms with Gasteiger partial charge in [-0.25, -0.2) is 0 Å². The maximum atomic E-state index is 9.66. The first kappa shape index (κ1) is 18.2. The second kappa shape index (κ2) is 8.21. The van der Waals surface area contributed by atoms with E-state index in [9.17, 15) is 5.26 Å². The molecule has 0 heterocycles. The molecule has 0 atom stereocenters. The van der Waals surface area contributed by atoms with E-state index in [-0.39, 0.29) is 0 Å². The van der Waals surface area contributed by atoms with Crippen molar-refractivity contribution >= 4 is 44.0 Å². The van der Waals surface area contributed by atoms with Crippen LogP contribution in [0, 0.1) is 11.3 Å². The zero-order valence-corrected chi connectivity index (χ0v) is 16.6. The predicted octanol–water partition coefficient (Wildman–Crippen LogP) is 6.51. The Balaban J connectivity index is 1.98. The summed E-state index contributed by atoms with van der Waals surface area (Å²) in [6, 6.07) is 22.9. The van der Waals surface area contributed by atoms with Crippen LogP contribution in [0.4, 0.5) is 5.69 Å². The fraction of sp³-hybridized carbons (Fsp3) is 0.174. The Bertz CT molecular complexity index is 995. The summed E-state index contributed by atoms with van der Waals surface area (Å²) in [6.45, 7) is 6.23. The summed E-state index contributed by atoms with van der Waals surface area (Å²) in [5.41, 5.74) is 3.79. The molecule has 0 amide bonds. The number of nitriles is 1. The molecule has 0 aliphatic heterocycles. The minimum atomic E-state index is 0.665. The van der Waals surface area contributed by atoms with Crippen LogP contribution in [0.15, 0.2) is 65.1 Å². The smallest absolute Gasteiger partial charge is 0.0998 e. The summed E-state index contributed by atoms with van der Waals surface area (Å²) in [5.74, 6) is 0. The highest BCUT2D eigenvalue weighted by molar-refractivity contribution is 9.10. The summed E-state index contributed by atoms with van der Waals surface area (Å²) >= 11 is 3.68. The van der Waals surface area contributed by atoms with Crippen molar-refractivity contribution in [3.8, 4) is 6.07 Å². The van der Waals surface area contributed by atoms with E-state index < -0.39 is 0 Å². The van der Waals surface area contributed by atoms with Crippen LogP contribution in [0.5, 0.6) is 0 Å². The van der Waals surface area contributed by atoms with Crippen molar-refractivity contribution in [2.45, 2.75) is 13.8 Å². The lowest BCUT2D eigenvalue weighted by Gasteiger charge is -2.22. The van der Waals surface area contributed by atoms with Crippen molar-refractivity contribution in [3.05, 3.63) is 76.3 Å². The molecule has 2 nitrogen and oxygen atoms in total. The Hall–Kier alpha value is -2.57. The van der Waals surface area contributed by atoms with Crippen molar-refractivity contribution in [2.75, 3.05) is 18.0 Å². The van der Waals surface area contributed by atoms with Crippen LogP contribution < -0.4 is 4.90 Å². The number of hydrogen-bond acceptors (Lipinski definition) is 2. The van der Waals surface area contributed by atoms with Gasteiger partial charge in [-0.15, -0.1) is 0 Å². The molecule has 0 fully saturated rings. The van der Waals surface area contributed by atoms with E-state index in [0.29, 0.717) is 5.57 Å². The number of anilines is 1. The van der Waals surface area contributed by atoms with Gasteiger partial charge >= 0.3 is 0 Å². The van der Waals surface area contributed by atoms with Gasteiger partial charge in [0.05, 0.1) is 17.3 Å². The number of hydrogen-bond donors (Lipinski definition) is 0. The van der Waals surface area contributed by atoms with Crippen molar-refractivity contribution in [1.29, 1.82) is 5.26 Å². The van der Waals surface area contributed by atoms with Gasteiger partial charge < -0.3 is 4.90 Å². The Morgan fingerprint density at radius 1 is 1.00 bits per heavy atom.